The van der Waals surface area contributed by atoms with Crippen LogP contribution < -0.4 is 5.32 Å². The molecule has 1 fully saturated rings. The number of rotatable bonds is 5. The molecule has 1 aliphatic carbocycles. The molecule has 32 heavy (non-hydrogen) atoms. The molecule has 3 heterocycles. The second-order valence-electron chi connectivity index (χ2n) is 8.55. The Balaban J connectivity index is 1.44. The van der Waals surface area contributed by atoms with Crippen LogP contribution in [-0.2, 0) is 11.8 Å². The Morgan fingerprint density at radius 2 is 1.88 bits per heavy atom. The number of piperidine rings is 1. The molecule has 0 atom stereocenters. The summed E-state index contributed by atoms with van der Waals surface area (Å²) in [4.78, 5) is 28.8. The molecule has 0 saturated carbocycles. The van der Waals surface area contributed by atoms with Gasteiger partial charge in [-0.15, -0.1) is 0 Å². The zero-order chi connectivity index (χ0) is 22.0. The Labute approximate surface area is 187 Å². The van der Waals surface area contributed by atoms with Crippen molar-refractivity contribution in [3.8, 4) is 11.4 Å². The van der Waals surface area contributed by atoms with Crippen LogP contribution in [0.2, 0.25) is 0 Å². The first kappa shape index (κ1) is 20.6. The number of carbonyl (C=O) groups excluding carboxylic acids is 1. The maximum atomic E-state index is 12.9. The summed E-state index contributed by atoms with van der Waals surface area (Å²) in [6.45, 7) is 1.92. The third kappa shape index (κ3) is 3.73. The fraction of sp³-hybridized carbons (Fsp3) is 0.360. The van der Waals surface area contributed by atoms with Crippen molar-refractivity contribution in [1.82, 2.24) is 19.9 Å². The molecule has 1 spiro atoms. The molecule has 3 aromatic rings. The minimum absolute atomic E-state index is 0.0385. The molecule has 7 heteroatoms. The number of hydrogen-bond acceptors (Lipinski definition) is 6. The first-order valence-electron chi connectivity index (χ1n) is 11.2. The highest BCUT2D eigenvalue weighted by Gasteiger charge is 2.45. The molecule has 1 amide bonds. The number of aromatic nitrogens is 3. The van der Waals surface area contributed by atoms with Crippen molar-refractivity contribution in [2.24, 2.45) is 0 Å². The summed E-state index contributed by atoms with van der Waals surface area (Å²) in [7, 11) is 0. The standard InChI is InChI=1S/C25H27N5O2/c31-16-13-27-23-20-8-9-25(21(20)28-22(29-23)18-5-2-1-3-6-18)10-14-30(15-11-25)24(32)19-7-4-12-26-17-19/h1-7,12,17,31H,8-11,13-16H2,(H,27,28,29). The third-order valence-electron chi connectivity index (χ3n) is 6.72. The van der Waals surface area contributed by atoms with Crippen LogP contribution in [0.3, 0.4) is 0 Å². The Morgan fingerprint density at radius 3 is 2.59 bits per heavy atom. The van der Waals surface area contributed by atoms with E-state index in [-0.39, 0.29) is 17.9 Å². The van der Waals surface area contributed by atoms with Gasteiger partial charge in [0.15, 0.2) is 5.82 Å². The van der Waals surface area contributed by atoms with Gasteiger partial charge in [-0.3, -0.25) is 9.78 Å². The molecule has 2 aromatic heterocycles. The fourth-order valence-electron chi connectivity index (χ4n) is 4.98. The monoisotopic (exact) mass is 429 g/mol. The number of benzene rings is 1. The van der Waals surface area contributed by atoms with Crippen LogP contribution in [-0.4, -0.2) is 57.1 Å². The lowest BCUT2D eigenvalue weighted by Gasteiger charge is -2.39. The van der Waals surface area contributed by atoms with E-state index in [1.807, 2.05) is 41.3 Å². The number of aliphatic hydroxyl groups is 1. The predicted octanol–water partition coefficient (Wildman–Crippen LogP) is 3.06. The van der Waals surface area contributed by atoms with Crippen molar-refractivity contribution >= 4 is 11.7 Å². The van der Waals surface area contributed by atoms with Crippen LogP contribution in [0.1, 0.15) is 40.9 Å². The van der Waals surface area contributed by atoms with Crippen LogP contribution in [0.5, 0.6) is 0 Å². The molecule has 2 N–H and O–H groups in total. The van der Waals surface area contributed by atoms with Crippen LogP contribution in [0.15, 0.2) is 54.9 Å². The Hall–Kier alpha value is -3.32. The first-order valence-corrected chi connectivity index (χ1v) is 11.2. The van der Waals surface area contributed by atoms with E-state index in [1.54, 1.807) is 18.5 Å². The highest BCUT2D eigenvalue weighted by molar-refractivity contribution is 5.94. The van der Waals surface area contributed by atoms with E-state index >= 15 is 0 Å². The molecule has 5 rings (SSSR count). The number of nitrogens with zero attached hydrogens (tertiary/aromatic N) is 4. The number of likely N-dealkylation sites (tertiary alicyclic amines) is 1. The van der Waals surface area contributed by atoms with Crippen molar-refractivity contribution in [2.75, 3.05) is 31.6 Å². The topological polar surface area (TPSA) is 91.2 Å². The van der Waals surface area contributed by atoms with E-state index in [1.165, 1.54) is 0 Å². The second-order valence-corrected chi connectivity index (χ2v) is 8.55. The maximum absolute atomic E-state index is 12.9. The smallest absolute Gasteiger partial charge is 0.255 e. The second kappa shape index (κ2) is 8.67. The quantitative estimate of drug-likeness (QED) is 0.648. The van der Waals surface area contributed by atoms with Crippen LogP contribution in [0.4, 0.5) is 5.82 Å². The van der Waals surface area contributed by atoms with E-state index < -0.39 is 0 Å². The summed E-state index contributed by atoms with van der Waals surface area (Å²) in [5.41, 5.74) is 3.85. The summed E-state index contributed by atoms with van der Waals surface area (Å²) in [5, 5.41) is 12.6. The average Bonchev–Trinajstić information content (AvgIpc) is 3.21. The molecule has 1 aromatic carbocycles. The number of amides is 1. The number of nitrogens with one attached hydrogen (secondary N) is 1. The van der Waals surface area contributed by atoms with Crippen molar-refractivity contribution < 1.29 is 9.90 Å². The lowest BCUT2D eigenvalue weighted by molar-refractivity contribution is 0.0663. The van der Waals surface area contributed by atoms with Crippen LogP contribution in [0, 0.1) is 0 Å². The molecule has 1 aliphatic heterocycles. The molecule has 7 nitrogen and oxygen atoms in total. The van der Waals surface area contributed by atoms with Gasteiger partial charge in [0.1, 0.15) is 5.82 Å². The first-order chi connectivity index (χ1) is 15.7. The molecule has 164 valence electrons. The number of aliphatic hydroxyl groups excluding tert-OH is 1. The number of pyridine rings is 1. The van der Waals surface area contributed by atoms with E-state index in [2.05, 4.69) is 10.3 Å². The minimum Gasteiger partial charge on any atom is -0.395 e. The maximum Gasteiger partial charge on any atom is 0.255 e. The lowest BCUT2D eigenvalue weighted by atomic mass is 9.76. The highest BCUT2D eigenvalue weighted by Crippen LogP contribution is 2.47. The Morgan fingerprint density at radius 1 is 1.06 bits per heavy atom. The van der Waals surface area contributed by atoms with Gasteiger partial charge < -0.3 is 15.3 Å². The van der Waals surface area contributed by atoms with Gasteiger partial charge in [-0.25, -0.2) is 9.97 Å². The largest absolute Gasteiger partial charge is 0.395 e. The molecule has 2 aliphatic rings. The van der Waals surface area contributed by atoms with Gasteiger partial charge in [-0.05, 0) is 37.8 Å². The average molecular weight is 430 g/mol. The van der Waals surface area contributed by atoms with Crippen LogP contribution >= 0.6 is 0 Å². The number of anilines is 1. The Kier molecular flexibility index (Phi) is 5.57. The summed E-state index contributed by atoms with van der Waals surface area (Å²) < 4.78 is 0. The molecule has 0 radical (unpaired) electrons. The molecular weight excluding hydrogens is 402 g/mol. The van der Waals surface area contributed by atoms with Gasteiger partial charge in [0.05, 0.1) is 17.9 Å². The third-order valence-corrected chi connectivity index (χ3v) is 6.72. The van der Waals surface area contributed by atoms with Crippen molar-refractivity contribution in [3.05, 3.63) is 71.7 Å². The molecule has 1 saturated heterocycles. The summed E-state index contributed by atoms with van der Waals surface area (Å²) in [6, 6.07) is 13.6. The van der Waals surface area contributed by atoms with E-state index in [0.717, 1.165) is 48.3 Å². The van der Waals surface area contributed by atoms with Gasteiger partial charge in [0.2, 0.25) is 0 Å². The number of carbonyl (C=O) groups is 1. The molecule has 0 unspecified atom stereocenters. The fourth-order valence-corrected chi connectivity index (χ4v) is 4.98. The van der Waals surface area contributed by atoms with E-state index in [9.17, 15) is 9.90 Å². The molecule has 0 bridgehead atoms. The zero-order valence-corrected chi connectivity index (χ0v) is 18.0. The van der Waals surface area contributed by atoms with Gasteiger partial charge in [-0.2, -0.15) is 0 Å². The Bertz CT molecular complexity index is 1100. The number of hydrogen-bond donors (Lipinski definition) is 2. The lowest BCUT2D eigenvalue weighted by Crippen LogP contribution is -2.44. The zero-order valence-electron chi connectivity index (χ0n) is 18.0. The van der Waals surface area contributed by atoms with Gasteiger partial charge in [0.25, 0.3) is 5.91 Å². The van der Waals surface area contributed by atoms with Gasteiger partial charge in [-0.1, -0.05) is 30.3 Å². The number of fused-ring (bicyclic) bond motifs is 2. The van der Waals surface area contributed by atoms with Gasteiger partial charge >= 0.3 is 0 Å². The normalized spacial score (nSPS) is 16.7. The van der Waals surface area contributed by atoms with Crippen molar-refractivity contribution in [2.45, 2.75) is 31.1 Å². The predicted molar refractivity (Wildman–Crippen MR) is 122 cm³/mol. The summed E-state index contributed by atoms with van der Waals surface area (Å²) >= 11 is 0. The minimum atomic E-state index is -0.0385. The highest BCUT2D eigenvalue weighted by atomic mass is 16.3. The van der Waals surface area contributed by atoms with E-state index in [0.29, 0.717) is 31.0 Å². The van der Waals surface area contributed by atoms with E-state index in [4.69, 9.17) is 9.97 Å². The summed E-state index contributed by atoms with van der Waals surface area (Å²) in [5.74, 6) is 1.58. The van der Waals surface area contributed by atoms with Crippen molar-refractivity contribution in [1.29, 1.82) is 0 Å². The van der Waals surface area contributed by atoms with Gasteiger partial charge in [0, 0.05) is 48.6 Å². The molecular formula is C25H27N5O2. The van der Waals surface area contributed by atoms with Crippen LogP contribution in [0.25, 0.3) is 11.4 Å². The van der Waals surface area contributed by atoms with Crippen molar-refractivity contribution in [3.63, 3.8) is 0 Å². The SMILES string of the molecule is O=C(c1cccnc1)N1CCC2(CCc3c(NCCO)nc(-c4ccccc4)nc32)CC1. The summed E-state index contributed by atoms with van der Waals surface area (Å²) in [6.07, 6.45) is 7.01.